The lowest BCUT2D eigenvalue weighted by atomic mass is 10.1. The van der Waals surface area contributed by atoms with E-state index in [1.54, 1.807) is 31.3 Å². The number of aromatic nitrogens is 5. The van der Waals surface area contributed by atoms with Gasteiger partial charge in [0, 0.05) is 48.4 Å². The number of alkyl halides is 2. The molecule has 1 saturated heterocycles. The van der Waals surface area contributed by atoms with Crippen molar-refractivity contribution in [3.8, 4) is 22.6 Å². The van der Waals surface area contributed by atoms with Crippen LogP contribution >= 0.6 is 0 Å². The molecule has 3 aromatic rings. The summed E-state index contributed by atoms with van der Waals surface area (Å²) < 4.78 is 40.5. The van der Waals surface area contributed by atoms with E-state index in [4.69, 9.17) is 0 Å². The minimum absolute atomic E-state index is 0.0332. The monoisotopic (exact) mass is 471 g/mol. The molecule has 10 nitrogen and oxygen atoms in total. The predicted octanol–water partition coefficient (Wildman–Crippen LogP) is 2.75. The Balaban J connectivity index is 1.26. The van der Waals surface area contributed by atoms with Crippen molar-refractivity contribution in [1.82, 2.24) is 30.2 Å². The largest absolute Gasteiger partial charge is 0.312 e. The van der Waals surface area contributed by atoms with Gasteiger partial charge in [0.05, 0.1) is 13.6 Å². The first-order chi connectivity index (χ1) is 16.4. The molecule has 2 aliphatic rings. The van der Waals surface area contributed by atoms with Crippen LogP contribution in [0, 0.1) is 11.7 Å². The molecule has 34 heavy (non-hydrogen) atoms. The molecule has 0 bridgehead atoms. The molecule has 1 amide bonds. The summed E-state index contributed by atoms with van der Waals surface area (Å²) in [5, 5.41) is 20.6. The number of rotatable bonds is 6. The number of halogens is 3. The number of aryl methyl sites for hydroxylation is 1. The third-order valence-electron chi connectivity index (χ3n) is 5.77. The van der Waals surface area contributed by atoms with Gasteiger partial charge < -0.3 is 4.90 Å². The van der Waals surface area contributed by atoms with Crippen molar-refractivity contribution in [2.75, 3.05) is 24.5 Å². The standard InChI is InChI=1S/C21H20F3N9O/c1-31-28-21(27-29-31)17-5-2-13(8-25-17)15-4-3-14(7-16(15)22)33-10-12(6-19(33)34)9-32-11-18(20(23)24)26-30-32/h2-5,7-8,12,18,20H,6,9-11H2,1H3/t12-,18?/m0/s1. The van der Waals surface area contributed by atoms with Crippen molar-refractivity contribution >= 4 is 11.6 Å². The van der Waals surface area contributed by atoms with E-state index in [0.717, 1.165) is 0 Å². The summed E-state index contributed by atoms with van der Waals surface area (Å²) in [6.07, 6.45) is -0.804. The molecule has 0 aliphatic carbocycles. The molecule has 2 atom stereocenters. The molecule has 0 spiro atoms. The zero-order valence-electron chi connectivity index (χ0n) is 18.1. The summed E-state index contributed by atoms with van der Waals surface area (Å²) in [7, 11) is 1.65. The summed E-state index contributed by atoms with van der Waals surface area (Å²) >= 11 is 0. The molecule has 2 aliphatic heterocycles. The second-order valence-electron chi connectivity index (χ2n) is 8.25. The van der Waals surface area contributed by atoms with E-state index in [0.29, 0.717) is 41.4 Å². The first kappa shape index (κ1) is 21.9. The maximum Gasteiger partial charge on any atom is 0.264 e. The Morgan fingerprint density at radius 1 is 1.18 bits per heavy atom. The molecule has 1 unspecified atom stereocenters. The van der Waals surface area contributed by atoms with Gasteiger partial charge in [-0.05, 0) is 29.5 Å². The maximum absolute atomic E-state index is 15.0. The van der Waals surface area contributed by atoms with E-state index in [9.17, 15) is 18.0 Å². The lowest BCUT2D eigenvalue weighted by Gasteiger charge is -2.20. The lowest BCUT2D eigenvalue weighted by Crippen LogP contribution is -2.31. The molecule has 0 saturated carbocycles. The van der Waals surface area contributed by atoms with E-state index in [1.165, 1.54) is 27.0 Å². The number of benzene rings is 1. The van der Waals surface area contributed by atoms with Crippen LogP contribution in [0.3, 0.4) is 0 Å². The highest BCUT2D eigenvalue weighted by atomic mass is 19.3. The molecule has 0 N–H and O–H groups in total. The van der Waals surface area contributed by atoms with Gasteiger partial charge in [0.1, 0.15) is 11.5 Å². The fourth-order valence-corrected chi connectivity index (χ4v) is 4.10. The second kappa shape index (κ2) is 8.80. The average molecular weight is 471 g/mol. The Labute approximate surface area is 192 Å². The Bertz CT molecular complexity index is 1230. The summed E-state index contributed by atoms with van der Waals surface area (Å²) in [6, 6.07) is 6.86. The van der Waals surface area contributed by atoms with E-state index in [1.807, 2.05) is 0 Å². The van der Waals surface area contributed by atoms with Crippen molar-refractivity contribution in [3.63, 3.8) is 0 Å². The number of hydrogen-bond acceptors (Lipinski definition) is 8. The molecule has 5 rings (SSSR count). The highest BCUT2D eigenvalue weighted by molar-refractivity contribution is 5.96. The van der Waals surface area contributed by atoms with Crippen molar-refractivity contribution in [3.05, 3.63) is 42.3 Å². The van der Waals surface area contributed by atoms with Crippen LogP contribution in [0.25, 0.3) is 22.6 Å². The van der Waals surface area contributed by atoms with Crippen LogP contribution in [0.4, 0.5) is 18.9 Å². The van der Waals surface area contributed by atoms with Gasteiger partial charge in [0.25, 0.3) is 6.43 Å². The smallest absolute Gasteiger partial charge is 0.264 e. The van der Waals surface area contributed by atoms with Crippen LogP contribution in [0.2, 0.25) is 0 Å². The molecular weight excluding hydrogens is 451 g/mol. The molecule has 4 heterocycles. The molecule has 1 fully saturated rings. The van der Waals surface area contributed by atoms with Crippen molar-refractivity contribution in [1.29, 1.82) is 0 Å². The molecule has 176 valence electrons. The number of anilines is 1. The first-order valence-corrected chi connectivity index (χ1v) is 10.6. The van der Waals surface area contributed by atoms with Gasteiger partial charge in [-0.1, -0.05) is 11.3 Å². The van der Waals surface area contributed by atoms with Crippen LogP contribution in [-0.2, 0) is 11.8 Å². The van der Waals surface area contributed by atoms with Crippen LogP contribution in [0.15, 0.2) is 46.9 Å². The SMILES string of the molecule is Cn1nnc(-c2ccc(-c3ccc(N4C[C@H](CN5CC(C(F)F)N=N5)CC4=O)cc3F)cn2)n1. The normalized spacial score (nSPS) is 20.2. The third-order valence-corrected chi connectivity index (χ3v) is 5.77. The van der Waals surface area contributed by atoms with Crippen molar-refractivity contribution < 1.29 is 18.0 Å². The number of pyridine rings is 1. The Morgan fingerprint density at radius 2 is 2.03 bits per heavy atom. The maximum atomic E-state index is 15.0. The second-order valence-corrected chi connectivity index (χ2v) is 8.25. The average Bonchev–Trinajstić information content (AvgIpc) is 3.54. The summed E-state index contributed by atoms with van der Waals surface area (Å²) in [4.78, 5) is 19.7. The molecule has 0 radical (unpaired) electrons. The van der Waals surface area contributed by atoms with Gasteiger partial charge >= 0.3 is 0 Å². The van der Waals surface area contributed by atoms with Crippen LogP contribution in [0.1, 0.15) is 6.42 Å². The predicted molar refractivity (Wildman–Crippen MR) is 114 cm³/mol. The van der Waals surface area contributed by atoms with E-state index in [2.05, 4.69) is 30.7 Å². The number of carbonyl (C=O) groups excluding carboxylic acids is 1. The van der Waals surface area contributed by atoms with E-state index >= 15 is 0 Å². The minimum atomic E-state index is -2.56. The van der Waals surface area contributed by atoms with Gasteiger partial charge in [0.15, 0.2) is 6.04 Å². The number of hydrogen-bond donors (Lipinski definition) is 0. The lowest BCUT2D eigenvalue weighted by molar-refractivity contribution is -0.117. The quantitative estimate of drug-likeness (QED) is 0.548. The zero-order valence-corrected chi connectivity index (χ0v) is 18.1. The number of nitrogens with zero attached hydrogens (tertiary/aromatic N) is 9. The van der Waals surface area contributed by atoms with Gasteiger partial charge in [-0.2, -0.15) is 9.91 Å². The molecule has 2 aromatic heterocycles. The number of amides is 1. The Kier molecular flexibility index (Phi) is 5.67. The number of tetrazole rings is 1. The van der Waals surface area contributed by atoms with Crippen molar-refractivity contribution in [2.24, 2.45) is 23.3 Å². The van der Waals surface area contributed by atoms with Gasteiger partial charge in [0.2, 0.25) is 11.7 Å². The summed E-state index contributed by atoms with van der Waals surface area (Å²) in [6.45, 7) is 0.726. The summed E-state index contributed by atoms with van der Waals surface area (Å²) in [5.74, 6) is -0.389. The van der Waals surface area contributed by atoms with Gasteiger partial charge in [-0.15, -0.1) is 10.2 Å². The third kappa shape index (κ3) is 4.32. The highest BCUT2D eigenvalue weighted by Crippen LogP contribution is 2.31. The van der Waals surface area contributed by atoms with Crippen LogP contribution < -0.4 is 4.90 Å². The summed E-state index contributed by atoms with van der Waals surface area (Å²) in [5.41, 5.74) is 1.86. The Hall–Kier alpha value is -3.90. The zero-order chi connectivity index (χ0) is 23.8. The van der Waals surface area contributed by atoms with Gasteiger partial charge in [-0.25, -0.2) is 13.2 Å². The minimum Gasteiger partial charge on any atom is -0.312 e. The Morgan fingerprint density at radius 3 is 2.68 bits per heavy atom. The van der Waals surface area contributed by atoms with Crippen LogP contribution in [-0.4, -0.2) is 68.2 Å². The molecule has 13 heteroatoms. The molecule has 1 aromatic carbocycles. The topological polar surface area (TPSA) is 105 Å². The van der Waals surface area contributed by atoms with E-state index < -0.39 is 18.3 Å². The highest BCUT2D eigenvalue weighted by Gasteiger charge is 2.35. The van der Waals surface area contributed by atoms with Gasteiger partial charge in [-0.3, -0.25) is 14.8 Å². The van der Waals surface area contributed by atoms with Crippen LogP contribution in [0.5, 0.6) is 0 Å². The fraction of sp³-hybridized carbons (Fsp3) is 0.381. The van der Waals surface area contributed by atoms with E-state index in [-0.39, 0.29) is 24.8 Å². The number of carbonyl (C=O) groups is 1. The van der Waals surface area contributed by atoms with Crippen molar-refractivity contribution in [2.45, 2.75) is 18.9 Å². The first-order valence-electron chi connectivity index (χ1n) is 10.6. The molecular formula is C21H20F3N9O. The fourth-order valence-electron chi connectivity index (χ4n) is 4.10.